The number of ether oxygens (including phenoxy) is 2. The smallest absolute Gasteiger partial charge is 0.407 e. The van der Waals surface area contributed by atoms with Gasteiger partial charge in [0, 0.05) is 6.42 Å². The summed E-state index contributed by atoms with van der Waals surface area (Å²) in [6.45, 7) is -0.871. The minimum Gasteiger partial charge on any atom is -0.480 e. The minimum absolute atomic E-state index is 0.0496. The summed E-state index contributed by atoms with van der Waals surface area (Å²) in [6.07, 6.45) is -2.08. The highest BCUT2D eigenvalue weighted by Gasteiger charge is 2.21. The lowest BCUT2D eigenvalue weighted by Gasteiger charge is -2.14. The lowest BCUT2D eigenvalue weighted by Crippen LogP contribution is -2.43. The molecule has 0 fully saturated rings. The summed E-state index contributed by atoms with van der Waals surface area (Å²) >= 11 is 0. The van der Waals surface area contributed by atoms with Gasteiger partial charge in [-0.3, -0.25) is 0 Å². The van der Waals surface area contributed by atoms with Crippen LogP contribution in [0.15, 0.2) is 30.3 Å². The quantitative estimate of drug-likeness (QED) is 0.501. The van der Waals surface area contributed by atoms with Crippen LogP contribution < -0.4 is 11.1 Å². The van der Waals surface area contributed by atoms with Gasteiger partial charge in [-0.2, -0.15) is 0 Å². The van der Waals surface area contributed by atoms with Gasteiger partial charge in [-0.1, -0.05) is 30.3 Å². The number of nitrogens with one attached hydrogen (secondary N) is 1. The number of hydrogen-bond donors (Lipinski definition) is 3. The number of carboxylic acids is 1. The van der Waals surface area contributed by atoms with Gasteiger partial charge in [0.05, 0.1) is 11.5 Å². The number of amides is 2. The third-order valence-corrected chi connectivity index (χ3v) is 4.72. The molecule has 1 aromatic carbocycles. The summed E-state index contributed by atoms with van der Waals surface area (Å²) in [4.78, 5) is 33.2. The fraction of sp³-hybridized carbons (Fsp3) is 0.400. The Labute approximate surface area is 150 Å². The van der Waals surface area contributed by atoms with Crippen molar-refractivity contribution in [3.8, 4) is 0 Å². The Kier molecular flexibility index (Phi) is 8.35. The molecule has 26 heavy (non-hydrogen) atoms. The van der Waals surface area contributed by atoms with E-state index in [1.54, 1.807) is 30.3 Å². The summed E-state index contributed by atoms with van der Waals surface area (Å²) in [6, 6.07) is 7.45. The van der Waals surface area contributed by atoms with Crippen molar-refractivity contribution in [1.29, 1.82) is 0 Å². The fourth-order valence-corrected chi connectivity index (χ4v) is 2.75. The molecule has 0 radical (unpaired) electrons. The van der Waals surface area contributed by atoms with Crippen LogP contribution in [-0.4, -0.2) is 62.4 Å². The van der Waals surface area contributed by atoms with Crippen molar-refractivity contribution in [3.63, 3.8) is 0 Å². The Balaban J connectivity index is 2.41. The van der Waals surface area contributed by atoms with Crippen LogP contribution in [0.1, 0.15) is 5.56 Å². The van der Waals surface area contributed by atoms with Crippen molar-refractivity contribution in [2.75, 3.05) is 24.7 Å². The molecule has 0 aromatic heterocycles. The molecule has 0 saturated heterocycles. The normalized spacial score (nSPS) is 12.0. The van der Waals surface area contributed by atoms with Crippen LogP contribution in [0.2, 0.25) is 0 Å². The molecule has 1 rings (SSSR count). The summed E-state index contributed by atoms with van der Waals surface area (Å²) in [5.41, 5.74) is 5.41. The van der Waals surface area contributed by atoms with Gasteiger partial charge in [0.2, 0.25) is 0 Å². The van der Waals surface area contributed by atoms with Crippen LogP contribution in [0, 0.1) is 0 Å². The van der Waals surface area contributed by atoms with Crippen molar-refractivity contribution in [1.82, 2.24) is 5.32 Å². The topological polar surface area (TPSA) is 162 Å². The minimum atomic E-state index is -3.62. The first-order valence-corrected chi connectivity index (χ1v) is 9.34. The molecular formula is C15H20N2O8S. The highest BCUT2D eigenvalue weighted by Crippen LogP contribution is 2.04. The van der Waals surface area contributed by atoms with Crippen molar-refractivity contribution >= 4 is 28.0 Å². The van der Waals surface area contributed by atoms with E-state index in [1.807, 2.05) is 0 Å². The second-order valence-corrected chi connectivity index (χ2v) is 7.48. The molecule has 1 atom stereocenters. The van der Waals surface area contributed by atoms with E-state index in [9.17, 15) is 22.8 Å². The summed E-state index contributed by atoms with van der Waals surface area (Å²) in [7, 11) is -3.62. The Bertz CT molecular complexity index is 720. The van der Waals surface area contributed by atoms with Gasteiger partial charge in [-0.15, -0.1) is 0 Å². The Hall–Kier alpha value is -2.82. The number of benzene rings is 1. The van der Waals surface area contributed by atoms with Gasteiger partial charge < -0.3 is 25.6 Å². The van der Waals surface area contributed by atoms with Crippen LogP contribution in [0.25, 0.3) is 0 Å². The molecule has 4 N–H and O–H groups in total. The molecule has 1 aromatic rings. The maximum absolute atomic E-state index is 11.7. The zero-order chi connectivity index (χ0) is 19.6. The Morgan fingerprint density at radius 3 is 2.19 bits per heavy atom. The fourth-order valence-electron chi connectivity index (χ4n) is 1.87. The number of nitrogens with two attached hydrogens (primary N) is 1. The molecule has 0 aliphatic rings. The molecular weight excluding hydrogens is 368 g/mol. The Morgan fingerprint density at radius 2 is 1.65 bits per heavy atom. The molecule has 10 nitrogen and oxygen atoms in total. The van der Waals surface area contributed by atoms with Gasteiger partial charge in [-0.05, 0) is 5.56 Å². The maximum atomic E-state index is 11.7. The first kappa shape index (κ1) is 21.2. The van der Waals surface area contributed by atoms with Crippen molar-refractivity contribution < 1.29 is 37.4 Å². The first-order chi connectivity index (χ1) is 12.2. The SMILES string of the molecule is NC(=O)OCCS(=O)(=O)CCOC(=O)N[C@@H](Cc1ccccc1)C(=O)O. The third kappa shape index (κ3) is 8.87. The largest absolute Gasteiger partial charge is 0.480 e. The second kappa shape index (κ2) is 10.2. The Morgan fingerprint density at radius 1 is 1.08 bits per heavy atom. The van der Waals surface area contributed by atoms with Crippen molar-refractivity contribution in [2.24, 2.45) is 5.73 Å². The van der Waals surface area contributed by atoms with E-state index < -0.39 is 58.8 Å². The number of carbonyl (C=O) groups excluding carboxylic acids is 2. The lowest BCUT2D eigenvalue weighted by atomic mass is 10.1. The number of hydrogen-bond acceptors (Lipinski definition) is 7. The standard InChI is InChI=1S/C15H20N2O8S/c16-14(20)24-6-8-26(22,23)9-7-25-15(21)17-12(13(18)19)10-11-4-2-1-3-5-11/h1-5,12H,6-10H2,(H2,16,20)(H,17,21)(H,18,19)/t12-/m0/s1. The number of primary amides is 1. The molecule has 11 heteroatoms. The zero-order valence-corrected chi connectivity index (χ0v) is 14.6. The third-order valence-electron chi connectivity index (χ3n) is 3.14. The van der Waals surface area contributed by atoms with E-state index in [1.165, 1.54) is 0 Å². The van der Waals surface area contributed by atoms with E-state index in [2.05, 4.69) is 10.1 Å². The number of sulfone groups is 1. The predicted molar refractivity (Wildman–Crippen MR) is 90.2 cm³/mol. The van der Waals surface area contributed by atoms with Crippen LogP contribution in [-0.2, 0) is 30.5 Å². The van der Waals surface area contributed by atoms with E-state index >= 15 is 0 Å². The maximum Gasteiger partial charge on any atom is 0.407 e. The van der Waals surface area contributed by atoms with E-state index in [0.29, 0.717) is 5.56 Å². The number of alkyl carbamates (subject to hydrolysis) is 1. The molecule has 2 amide bonds. The number of aliphatic carboxylic acids is 1. The van der Waals surface area contributed by atoms with Gasteiger partial charge in [0.15, 0.2) is 9.84 Å². The van der Waals surface area contributed by atoms with Crippen LogP contribution in [0.4, 0.5) is 9.59 Å². The number of carbonyl (C=O) groups is 3. The molecule has 0 aliphatic carbocycles. The lowest BCUT2D eigenvalue weighted by molar-refractivity contribution is -0.139. The summed E-state index contributed by atoms with van der Waals surface area (Å²) in [5.74, 6) is -2.21. The molecule has 0 saturated carbocycles. The molecule has 0 unspecified atom stereocenters. The van der Waals surface area contributed by atoms with E-state index in [-0.39, 0.29) is 6.42 Å². The highest BCUT2D eigenvalue weighted by molar-refractivity contribution is 7.91. The predicted octanol–water partition coefficient (Wildman–Crippen LogP) is -0.0814. The van der Waals surface area contributed by atoms with Crippen LogP contribution in [0.3, 0.4) is 0 Å². The highest BCUT2D eigenvalue weighted by atomic mass is 32.2. The van der Waals surface area contributed by atoms with Crippen molar-refractivity contribution in [3.05, 3.63) is 35.9 Å². The van der Waals surface area contributed by atoms with Crippen LogP contribution >= 0.6 is 0 Å². The van der Waals surface area contributed by atoms with E-state index in [0.717, 1.165) is 0 Å². The molecule has 144 valence electrons. The van der Waals surface area contributed by atoms with E-state index in [4.69, 9.17) is 15.6 Å². The van der Waals surface area contributed by atoms with Crippen molar-refractivity contribution in [2.45, 2.75) is 12.5 Å². The first-order valence-electron chi connectivity index (χ1n) is 7.52. The molecule has 0 heterocycles. The second-order valence-electron chi connectivity index (χ2n) is 5.18. The molecule has 0 bridgehead atoms. The van der Waals surface area contributed by atoms with Crippen LogP contribution in [0.5, 0.6) is 0 Å². The summed E-state index contributed by atoms with van der Waals surface area (Å²) in [5, 5.41) is 11.3. The average molecular weight is 388 g/mol. The average Bonchev–Trinajstić information content (AvgIpc) is 2.54. The number of carboxylic acid groups (broad SMARTS) is 1. The van der Waals surface area contributed by atoms with Gasteiger partial charge >= 0.3 is 18.2 Å². The zero-order valence-electron chi connectivity index (χ0n) is 13.8. The number of rotatable bonds is 10. The molecule has 0 spiro atoms. The van der Waals surface area contributed by atoms with Gasteiger partial charge in [0.1, 0.15) is 19.3 Å². The monoisotopic (exact) mass is 388 g/mol. The molecule has 0 aliphatic heterocycles. The van der Waals surface area contributed by atoms with Gasteiger partial charge in [0.25, 0.3) is 0 Å². The summed E-state index contributed by atoms with van der Waals surface area (Å²) < 4.78 is 32.3. The van der Waals surface area contributed by atoms with Gasteiger partial charge in [-0.25, -0.2) is 22.8 Å².